The van der Waals surface area contributed by atoms with Gasteiger partial charge < -0.3 is 4.90 Å². The van der Waals surface area contributed by atoms with Crippen molar-refractivity contribution < 1.29 is 9.18 Å². The summed E-state index contributed by atoms with van der Waals surface area (Å²) < 4.78 is 13.4. The number of halogens is 1. The maximum atomic E-state index is 13.4. The summed E-state index contributed by atoms with van der Waals surface area (Å²) in [6, 6.07) is 12.4. The highest BCUT2D eigenvalue weighted by molar-refractivity contribution is 6.09. The quantitative estimate of drug-likeness (QED) is 0.673. The molecule has 1 aliphatic rings. The molecule has 1 aromatic heterocycles. The summed E-state index contributed by atoms with van der Waals surface area (Å²) in [5.41, 5.74) is 5.09. The van der Waals surface area contributed by atoms with Crippen LogP contribution in [0, 0.1) is 19.7 Å². The van der Waals surface area contributed by atoms with Gasteiger partial charge in [-0.05, 0) is 49.6 Å². The van der Waals surface area contributed by atoms with Crippen LogP contribution >= 0.6 is 0 Å². The number of carbonyl (C=O) groups excluding carboxylic acids is 1. The van der Waals surface area contributed by atoms with Crippen molar-refractivity contribution in [3.8, 4) is 0 Å². The van der Waals surface area contributed by atoms with E-state index >= 15 is 0 Å². The van der Waals surface area contributed by atoms with Gasteiger partial charge in [0.05, 0.1) is 22.5 Å². The molecule has 0 atom stereocenters. The number of rotatable bonds is 1. The van der Waals surface area contributed by atoms with E-state index in [1.807, 2.05) is 30.0 Å². The van der Waals surface area contributed by atoms with Gasteiger partial charge >= 0.3 is 0 Å². The van der Waals surface area contributed by atoms with Gasteiger partial charge in [-0.3, -0.25) is 9.78 Å². The summed E-state index contributed by atoms with van der Waals surface area (Å²) in [6.45, 7) is 4.50. The molecule has 0 saturated heterocycles. The second-order valence-corrected chi connectivity index (χ2v) is 6.25. The molecule has 0 N–H and O–H groups in total. The van der Waals surface area contributed by atoms with Crippen molar-refractivity contribution in [2.75, 3.05) is 11.4 Å². The number of carbonyl (C=O) groups is 1. The summed E-state index contributed by atoms with van der Waals surface area (Å²) in [6.07, 6.45) is 0.869. The number of aromatic nitrogens is 1. The molecule has 4 rings (SSSR count). The van der Waals surface area contributed by atoms with Crippen molar-refractivity contribution >= 4 is 22.5 Å². The molecule has 4 heteroatoms. The van der Waals surface area contributed by atoms with E-state index in [9.17, 15) is 9.18 Å². The lowest BCUT2D eigenvalue weighted by Crippen LogP contribution is -2.30. The Labute approximate surface area is 139 Å². The first-order chi connectivity index (χ1) is 11.5. The summed E-state index contributed by atoms with van der Waals surface area (Å²) >= 11 is 0. The summed E-state index contributed by atoms with van der Waals surface area (Å²) in [7, 11) is 0. The zero-order valence-electron chi connectivity index (χ0n) is 13.6. The lowest BCUT2D eigenvalue weighted by molar-refractivity contribution is 0.0988. The van der Waals surface area contributed by atoms with Gasteiger partial charge in [0, 0.05) is 18.0 Å². The smallest absolute Gasteiger partial charge is 0.260 e. The zero-order valence-corrected chi connectivity index (χ0v) is 13.6. The molecular weight excluding hydrogens is 303 g/mol. The highest BCUT2D eigenvalue weighted by atomic mass is 19.1. The molecule has 1 amide bonds. The molecule has 24 heavy (non-hydrogen) atoms. The first-order valence-electron chi connectivity index (χ1n) is 8.02. The standard InChI is InChI=1S/C20H17FN2O/c1-12-4-3-5-14-8-9-23(19(12)14)20(24)17-10-15-6-7-16(21)11-18(15)22-13(17)2/h3-7,10-11H,8-9H2,1-2H3. The average Bonchev–Trinajstić information content (AvgIpc) is 2.99. The third kappa shape index (κ3) is 2.26. The third-order valence-electron chi connectivity index (χ3n) is 4.64. The molecule has 0 fully saturated rings. The Balaban J connectivity index is 1.80. The average molecular weight is 320 g/mol. The molecule has 2 aromatic carbocycles. The van der Waals surface area contributed by atoms with E-state index in [-0.39, 0.29) is 11.7 Å². The largest absolute Gasteiger partial charge is 0.307 e. The van der Waals surface area contributed by atoms with Crippen LogP contribution in [0.5, 0.6) is 0 Å². The number of para-hydroxylation sites is 1. The molecule has 0 radical (unpaired) electrons. The number of aryl methyl sites for hydroxylation is 2. The van der Waals surface area contributed by atoms with E-state index in [0.29, 0.717) is 23.3 Å². The van der Waals surface area contributed by atoms with Gasteiger partial charge in [-0.25, -0.2) is 4.39 Å². The van der Waals surface area contributed by atoms with Crippen LogP contribution in [0.3, 0.4) is 0 Å². The second-order valence-electron chi connectivity index (χ2n) is 6.25. The van der Waals surface area contributed by atoms with Crippen LogP contribution in [0.15, 0.2) is 42.5 Å². The molecule has 1 aliphatic heterocycles. The Morgan fingerprint density at radius 1 is 1.17 bits per heavy atom. The minimum Gasteiger partial charge on any atom is -0.307 e. The van der Waals surface area contributed by atoms with E-state index in [4.69, 9.17) is 0 Å². The molecule has 0 spiro atoms. The van der Waals surface area contributed by atoms with E-state index in [0.717, 1.165) is 23.1 Å². The third-order valence-corrected chi connectivity index (χ3v) is 4.64. The topological polar surface area (TPSA) is 33.2 Å². The lowest BCUT2D eigenvalue weighted by Gasteiger charge is -2.20. The van der Waals surface area contributed by atoms with E-state index in [2.05, 4.69) is 11.1 Å². The van der Waals surface area contributed by atoms with Crippen LogP contribution in [0.4, 0.5) is 10.1 Å². The number of benzene rings is 2. The molecule has 2 heterocycles. The molecule has 0 aliphatic carbocycles. The van der Waals surface area contributed by atoms with Crippen molar-refractivity contribution in [1.29, 1.82) is 0 Å². The van der Waals surface area contributed by atoms with E-state index in [1.54, 1.807) is 13.0 Å². The predicted molar refractivity (Wildman–Crippen MR) is 93.0 cm³/mol. The second kappa shape index (κ2) is 5.41. The number of amides is 1. The Morgan fingerprint density at radius 2 is 2.00 bits per heavy atom. The fourth-order valence-electron chi connectivity index (χ4n) is 3.45. The first kappa shape index (κ1) is 14.8. The van der Waals surface area contributed by atoms with Crippen molar-refractivity contribution in [3.05, 3.63) is 70.7 Å². The Hall–Kier alpha value is -2.75. The van der Waals surface area contributed by atoms with Crippen molar-refractivity contribution in [2.24, 2.45) is 0 Å². The molecule has 3 aromatic rings. The molecule has 3 nitrogen and oxygen atoms in total. The van der Waals surface area contributed by atoms with E-state index < -0.39 is 0 Å². The Morgan fingerprint density at radius 3 is 2.83 bits per heavy atom. The van der Waals surface area contributed by atoms with Gasteiger partial charge in [-0.1, -0.05) is 18.2 Å². The fraction of sp³-hybridized carbons (Fsp3) is 0.200. The van der Waals surface area contributed by atoms with E-state index in [1.165, 1.54) is 17.7 Å². The van der Waals surface area contributed by atoms with Gasteiger partial charge in [0.25, 0.3) is 5.91 Å². The number of anilines is 1. The Kier molecular flexibility index (Phi) is 3.34. The minimum absolute atomic E-state index is 0.0423. The van der Waals surface area contributed by atoms with Crippen LogP contribution in [-0.2, 0) is 6.42 Å². The minimum atomic E-state index is -0.322. The highest BCUT2D eigenvalue weighted by Crippen LogP contribution is 2.33. The Bertz CT molecular complexity index is 981. The monoisotopic (exact) mass is 320 g/mol. The van der Waals surface area contributed by atoms with Crippen molar-refractivity contribution in [1.82, 2.24) is 4.98 Å². The predicted octanol–water partition coefficient (Wildman–Crippen LogP) is 4.19. The van der Waals surface area contributed by atoms with Crippen LogP contribution < -0.4 is 4.90 Å². The number of hydrogen-bond acceptors (Lipinski definition) is 2. The molecule has 0 unspecified atom stereocenters. The number of pyridine rings is 1. The molecular formula is C20H17FN2O. The van der Waals surface area contributed by atoms with Gasteiger partial charge in [0.1, 0.15) is 5.82 Å². The number of fused-ring (bicyclic) bond motifs is 2. The van der Waals surface area contributed by atoms with Gasteiger partial charge in [-0.2, -0.15) is 0 Å². The fourth-order valence-corrected chi connectivity index (χ4v) is 3.45. The SMILES string of the molecule is Cc1cccc2c1N(C(=O)c1cc3ccc(F)cc3nc1C)CC2. The maximum absolute atomic E-state index is 13.4. The molecule has 0 saturated carbocycles. The molecule has 120 valence electrons. The first-order valence-corrected chi connectivity index (χ1v) is 8.02. The van der Waals surface area contributed by atoms with Crippen molar-refractivity contribution in [3.63, 3.8) is 0 Å². The highest BCUT2D eigenvalue weighted by Gasteiger charge is 2.28. The van der Waals surface area contributed by atoms with Gasteiger partial charge in [0.15, 0.2) is 0 Å². The summed E-state index contributed by atoms with van der Waals surface area (Å²) in [5, 5.41) is 0.773. The van der Waals surface area contributed by atoms with Gasteiger partial charge in [-0.15, -0.1) is 0 Å². The summed E-state index contributed by atoms with van der Waals surface area (Å²) in [5.74, 6) is -0.364. The normalized spacial score (nSPS) is 13.4. The number of nitrogens with zero attached hydrogens (tertiary/aromatic N) is 2. The van der Waals surface area contributed by atoms with Gasteiger partial charge in [0.2, 0.25) is 0 Å². The lowest BCUT2D eigenvalue weighted by atomic mass is 10.1. The van der Waals surface area contributed by atoms with Crippen molar-refractivity contribution in [2.45, 2.75) is 20.3 Å². The maximum Gasteiger partial charge on any atom is 0.260 e. The van der Waals surface area contributed by atoms with Crippen LogP contribution in [-0.4, -0.2) is 17.4 Å². The van der Waals surface area contributed by atoms with Crippen LogP contribution in [0.2, 0.25) is 0 Å². The zero-order chi connectivity index (χ0) is 16.8. The number of hydrogen-bond donors (Lipinski definition) is 0. The summed E-state index contributed by atoms with van der Waals surface area (Å²) in [4.78, 5) is 19.4. The van der Waals surface area contributed by atoms with Crippen LogP contribution in [0.25, 0.3) is 10.9 Å². The molecule has 0 bridgehead atoms. The van der Waals surface area contributed by atoms with Crippen LogP contribution in [0.1, 0.15) is 27.2 Å².